The van der Waals surface area contributed by atoms with Crippen LogP contribution in [0.15, 0.2) is 30.3 Å². The van der Waals surface area contributed by atoms with Crippen molar-refractivity contribution in [1.82, 2.24) is 0 Å². The summed E-state index contributed by atoms with van der Waals surface area (Å²) in [7, 11) is 0. The fourth-order valence-electron chi connectivity index (χ4n) is 1.60. The van der Waals surface area contributed by atoms with Gasteiger partial charge in [0.25, 0.3) is 0 Å². The van der Waals surface area contributed by atoms with Crippen molar-refractivity contribution < 1.29 is 23.9 Å². The maximum absolute atomic E-state index is 12.0. The van der Waals surface area contributed by atoms with E-state index in [1.165, 1.54) is 17.8 Å². The van der Waals surface area contributed by atoms with Crippen molar-refractivity contribution in [2.24, 2.45) is 5.73 Å². The number of carbonyl (C=O) groups excluding carboxylic acids is 3. The van der Waals surface area contributed by atoms with Crippen molar-refractivity contribution in [3.63, 3.8) is 0 Å². The van der Waals surface area contributed by atoms with Crippen LogP contribution in [-0.4, -0.2) is 43.8 Å². The van der Waals surface area contributed by atoms with E-state index in [-0.39, 0.29) is 24.6 Å². The minimum absolute atomic E-state index is 0. The van der Waals surface area contributed by atoms with Gasteiger partial charge in [-0.25, -0.2) is 0 Å². The molecule has 9 heteroatoms. The first kappa shape index (κ1) is 21.1. The molecule has 1 rings (SSSR count). The predicted molar refractivity (Wildman–Crippen MR) is 88.4 cm³/mol. The minimum Gasteiger partial charge on any atom is -0.147 e. The molecule has 0 aliphatic heterocycles. The van der Waals surface area contributed by atoms with E-state index < -0.39 is 41.9 Å². The summed E-state index contributed by atoms with van der Waals surface area (Å²) in [6, 6.07) is 8.02. The molecule has 0 heterocycles. The molecule has 2 atom stereocenters. The van der Waals surface area contributed by atoms with Crippen LogP contribution in [-0.2, 0) is 14.3 Å². The molecule has 23 heavy (non-hydrogen) atoms. The number of nitrogens with one attached hydrogen (secondary N) is 1. The van der Waals surface area contributed by atoms with Gasteiger partial charge < -0.3 is 0 Å². The summed E-state index contributed by atoms with van der Waals surface area (Å²) in [5.41, 5.74) is 7.10. The molecule has 7 nitrogen and oxygen atoms in total. The zero-order chi connectivity index (χ0) is 16.7. The Morgan fingerprint density at radius 1 is 1.26 bits per heavy atom. The average Bonchev–Trinajstić information content (AvgIpc) is 2.48. The molecule has 3 N–H and O–H groups in total. The van der Waals surface area contributed by atoms with Gasteiger partial charge in [0.05, 0.1) is 0 Å². The molecule has 0 spiro atoms. The summed E-state index contributed by atoms with van der Waals surface area (Å²) in [6.07, 6.45) is 0. The summed E-state index contributed by atoms with van der Waals surface area (Å²) in [4.78, 5) is 35.7. The van der Waals surface area contributed by atoms with Crippen molar-refractivity contribution >= 4 is 49.6 Å². The molecule has 1 aromatic rings. The molecule has 0 aromatic heterocycles. The Bertz CT molecular complexity index is 582. The second-order valence-electron chi connectivity index (χ2n) is 4.24. The number of carbonyl (C=O) groups is 3. The smallest absolute Gasteiger partial charge is 0.147 e. The van der Waals surface area contributed by atoms with E-state index in [2.05, 4.69) is 0 Å². The van der Waals surface area contributed by atoms with E-state index in [1.54, 1.807) is 25.1 Å². The van der Waals surface area contributed by atoms with Crippen LogP contribution in [0.25, 0.3) is 0 Å². The quantitative estimate of drug-likeness (QED) is 0.246. The van der Waals surface area contributed by atoms with E-state index in [0.717, 1.165) is 0 Å². The van der Waals surface area contributed by atoms with Crippen LogP contribution in [0.2, 0.25) is 10.4 Å². The fraction of sp³-hybridized carbons (Fsp3) is 0.286. The molecule has 1 aromatic carbocycles. The zero-order valence-electron chi connectivity index (χ0n) is 12.6. The third-order valence-electron chi connectivity index (χ3n) is 2.67. The molecule has 0 bridgehead atoms. The molecule has 0 amide bonds. The van der Waals surface area contributed by atoms with Crippen LogP contribution in [0, 0.1) is 5.41 Å². The molecule has 126 valence electrons. The molecular weight excluding hydrogens is 387 g/mol. The third kappa shape index (κ3) is 6.04. The van der Waals surface area contributed by atoms with Crippen LogP contribution in [0.3, 0.4) is 0 Å². The molecule has 0 saturated heterocycles. The van der Waals surface area contributed by atoms with Crippen LogP contribution in [0.1, 0.15) is 17.3 Å². The van der Waals surface area contributed by atoms with Gasteiger partial charge in [0.2, 0.25) is 0 Å². The van der Waals surface area contributed by atoms with Gasteiger partial charge in [-0.3, -0.25) is 0 Å². The minimum atomic E-state index is -2.72. The average molecular weight is 405 g/mol. The Balaban J connectivity index is 0.00000484. The number of esters is 2. The summed E-state index contributed by atoms with van der Waals surface area (Å²) < 4.78 is 7.66. The van der Waals surface area contributed by atoms with Gasteiger partial charge in [-0.05, 0) is 0 Å². The van der Waals surface area contributed by atoms with Gasteiger partial charge in [-0.15, -0.1) is 12.4 Å². The van der Waals surface area contributed by atoms with E-state index in [0.29, 0.717) is 0 Å². The molecule has 0 fully saturated rings. The summed E-state index contributed by atoms with van der Waals surface area (Å²) in [5.74, 6) is -1.98. The van der Waals surface area contributed by atoms with Crippen molar-refractivity contribution in [3.8, 4) is 0 Å². The van der Waals surface area contributed by atoms with Crippen LogP contribution >= 0.6 is 12.4 Å². The number of benzene rings is 1. The number of hydrogen-bond acceptors (Lipinski definition) is 6. The fourth-order valence-corrected chi connectivity index (χ4v) is 4.22. The molecule has 2 unspecified atom stereocenters. The Labute approximate surface area is 144 Å². The van der Waals surface area contributed by atoms with Crippen LogP contribution < -0.4 is 5.73 Å². The standard InChI is InChI=1S/C14H17AsN2O5.ClH/c1-3-21-13(19)10(11(16)17)15(2)14(20)22-12(18)9-7-5-4-6-8-9;/h4-8,10H,3H2,1-2H3,(H3,16,17);1H. The van der Waals surface area contributed by atoms with Crippen LogP contribution in [0.4, 0.5) is 4.79 Å². The monoisotopic (exact) mass is 404 g/mol. The first-order valence-corrected chi connectivity index (χ1v) is 10.3. The van der Waals surface area contributed by atoms with Gasteiger partial charge in [0.15, 0.2) is 0 Å². The first-order chi connectivity index (χ1) is 10.4. The summed E-state index contributed by atoms with van der Waals surface area (Å²) in [6.45, 7) is 1.72. The van der Waals surface area contributed by atoms with Gasteiger partial charge in [0.1, 0.15) is 0 Å². The molecule has 0 radical (unpaired) electrons. The van der Waals surface area contributed by atoms with E-state index >= 15 is 0 Å². The number of hydrogen-bond donors (Lipinski definition) is 2. The first-order valence-electron chi connectivity index (χ1n) is 6.43. The number of nitrogens with two attached hydrogens (primary N) is 1. The predicted octanol–water partition coefficient (Wildman–Crippen LogP) is 1.96. The summed E-state index contributed by atoms with van der Waals surface area (Å²) in [5, 5.41) is 7.45. The van der Waals surface area contributed by atoms with E-state index in [9.17, 15) is 14.4 Å². The normalized spacial score (nSPS) is 12.3. The largest absolute Gasteiger partial charge is 0.147 e. The van der Waals surface area contributed by atoms with Gasteiger partial charge in [-0.1, -0.05) is 0 Å². The third-order valence-corrected chi connectivity index (χ3v) is 6.72. The number of rotatable bonds is 6. The van der Waals surface area contributed by atoms with Crippen molar-refractivity contribution in [2.75, 3.05) is 6.61 Å². The summed E-state index contributed by atoms with van der Waals surface area (Å²) >= 11 is -2.72. The van der Waals surface area contributed by atoms with Crippen molar-refractivity contribution in [3.05, 3.63) is 35.9 Å². The number of halogens is 1. The van der Waals surface area contributed by atoms with Crippen molar-refractivity contribution in [1.29, 1.82) is 5.41 Å². The van der Waals surface area contributed by atoms with E-state index in [1.807, 2.05) is 0 Å². The van der Waals surface area contributed by atoms with Gasteiger partial charge in [0, 0.05) is 0 Å². The Morgan fingerprint density at radius 2 is 1.83 bits per heavy atom. The maximum atomic E-state index is 12.0. The van der Waals surface area contributed by atoms with E-state index in [4.69, 9.17) is 20.6 Å². The maximum Gasteiger partial charge on any atom is -0.147 e. The number of amidine groups is 1. The topological polar surface area (TPSA) is 120 Å². The SMILES string of the molecule is CCOC(=O)C(C(=N)N)[As](C)C(=O)OC(=O)c1ccccc1.Cl. The number of ether oxygens (including phenoxy) is 2. The Morgan fingerprint density at radius 3 is 2.30 bits per heavy atom. The molecule has 0 saturated carbocycles. The zero-order valence-corrected chi connectivity index (χ0v) is 15.3. The Kier molecular flexibility index (Phi) is 9.22. The molecular formula is C14H18AsClN2O5. The second kappa shape index (κ2) is 10.0. The molecule has 0 aliphatic carbocycles. The van der Waals surface area contributed by atoms with Crippen molar-refractivity contribution in [2.45, 2.75) is 17.3 Å². The molecule has 0 aliphatic rings. The second-order valence-corrected chi connectivity index (χ2v) is 8.66. The van der Waals surface area contributed by atoms with Gasteiger partial charge >= 0.3 is 132 Å². The Hall–Kier alpha value is -1.85. The van der Waals surface area contributed by atoms with Gasteiger partial charge in [-0.2, -0.15) is 0 Å². The van der Waals surface area contributed by atoms with Crippen LogP contribution in [0.5, 0.6) is 0 Å².